The van der Waals surface area contributed by atoms with Gasteiger partial charge in [-0.25, -0.2) is 8.78 Å². The summed E-state index contributed by atoms with van der Waals surface area (Å²) in [5.41, 5.74) is 2.99. The van der Waals surface area contributed by atoms with E-state index in [4.69, 9.17) is 44.3 Å². The molecule has 3 aromatic carbocycles. The molecule has 1 aliphatic heterocycles. The van der Waals surface area contributed by atoms with E-state index in [9.17, 15) is 18.7 Å². The number of amides is 1. The van der Waals surface area contributed by atoms with Gasteiger partial charge in [-0.3, -0.25) is 4.79 Å². The Morgan fingerprint density at radius 2 is 1.67 bits per heavy atom. The van der Waals surface area contributed by atoms with Gasteiger partial charge in [-0.05, 0) is 72.8 Å². The van der Waals surface area contributed by atoms with Crippen LogP contribution in [-0.4, -0.2) is 54.4 Å². The topological polar surface area (TPSA) is 71.0 Å². The lowest BCUT2D eigenvalue weighted by Crippen LogP contribution is -2.46. The number of aliphatic hydroxyl groups excluding tert-OH is 1. The molecule has 0 radical (unpaired) electrons. The molecule has 0 aromatic heterocycles. The van der Waals surface area contributed by atoms with Crippen LogP contribution in [-0.2, 0) is 11.3 Å². The van der Waals surface area contributed by atoms with E-state index < -0.39 is 22.7 Å². The largest absolute Gasteiger partial charge is 0.490 e. The summed E-state index contributed by atoms with van der Waals surface area (Å²) < 4.78 is 38.5. The fourth-order valence-corrected chi connectivity index (χ4v) is 5.60. The van der Waals surface area contributed by atoms with Gasteiger partial charge < -0.3 is 24.8 Å². The summed E-state index contributed by atoms with van der Waals surface area (Å²) in [6, 6.07) is 14.1. The summed E-state index contributed by atoms with van der Waals surface area (Å²) in [6.07, 6.45) is 2.40. The maximum Gasteiger partial charge on any atom is 0.252 e. The minimum atomic E-state index is -0.772. The summed E-state index contributed by atoms with van der Waals surface area (Å²) >= 11 is 18.5. The van der Waals surface area contributed by atoms with Crippen LogP contribution in [0.25, 0.3) is 5.57 Å². The Labute approximate surface area is 257 Å². The Hall–Kier alpha value is -2.88. The highest BCUT2D eigenvalue weighted by molar-refractivity contribution is 6.42. The summed E-state index contributed by atoms with van der Waals surface area (Å²) in [4.78, 5) is 15.9. The number of ether oxygens (including phenoxy) is 2. The Bertz CT molecular complexity index is 1480. The van der Waals surface area contributed by atoms with Crippen LogP contribution < -0.4 is 14.8 Å². The third-order valence-electron chi connectivity index (χ3n) is 7.28. The molecule has 1 heterocycles. The smallest absolute Gasteiger partial charge is 0.252 e. The molecule has 5 rings (SSSR count). The Morgan fingerprint density at radius 1 is 0.952 bits per heavy atom. The van der Waals surface area contributed by atoms with Gasteiger partial charge in [-0.15, -0.1) is 0 Å². The van der Waals surface area contributed by atoms with Crippen molar-refractivity contribution in [3.63, 3.8) is 0 Å². The van der Waals surface area contributed by atoms with Gasteiger partial charge in [0.25, 0.3) is 5.91 Å². The van der Waals surface area contributed by atoms with Crippen molar-refractivity contribution in [1.82, 2.24) is 10.2 Å². The van der Waals surface area contributed by atoms with Crippen LogP contribution in [0.1, 0.15) is 30.4 Å². The summed E-state index contributed by atoms with van der Waals surface area (Å²) in [5, 5.41) is 13.9. The molecule has 2 aliphatic rings. The Balaban J connectivity index is 1.32. The molecule has 42 heavy (non-hydrogen) atoms. The number of nitrogens with one attached hydrogen (secondary N) is 1. The molecule has 0 spiro atoms. The highest BCUT2D eigenvalue weighted by atomic mass is 35.5. The molecule has 1 saturated carbocycles. The molecular weight excluding hydrogens is 609 g/mol. The van der Waals surface area contributed by atoms with Crippen LogP contribution in [0.5, 0.6) is 11.5 Å². The molecule has 0 bridgehead atoms. The predicted octanol–water partition coefficient (Wildman–Crippen LogP) is 6.68. The molecule has 0 saturated heterocycles. The van der Waals surface area contributed by atoms with Crippen molar-refractivity contribution in [3.8, 4) is 11.5 Å². The third kappa shape index (κ3) is 6.84. The first kappa shape index (κ1) is 30.6. The van der Waals surface area contributed by atoms with Gasteiger partial charge in [0.15, 0.2) is 11.6 Å². The second kappa shape index (κ2) is 13.6. The molecule has 1 amide bonds. The molecule has 6 nitrogen and oxygen atoms in total. The van der Waals surface area contributed by atoms with Crippen molar-refractivity contribution in [2.45, 2.75) is 37.9 Å². The molecule has 1 fully saturated rings. The fraction of sp³-hybridized carbons (Fsp3) is 0.323. The minimum Gasteiger partial charge on any atom is -0.490 e. The van der Waals surface area contributed by atoms with Crippen LogP contribution in [0.4, 0.5) is 8.78 Å². The lowest BCUT2D eigenvalue weighted by atomic mass is 9.88. The summed E-state index contributed by atoms with van der Waals surface area (Å²) in [6.45, 7) is 0.714. The van der Waals surface area contributed by atoms with Crippen molar-refractivity contribution in [2.24, 2.45) is 0 Å². The number of benzene rings is 3. The zero-order valence-corrected chi connectivity index (χ0v) is 24.8. The van der Waals surface area contributed by atoms with Gasteiger partial charge in [0.2, 0.25) is 0 Å². The number of carbonyl (C=O) groups excluding carboxylic acids is 1. The number of halogens is 5. The number of aliphatic hydroxyl groups is 1. The Kier molecular flexibility index (Phi) is 9.91. The van der Waals surface area contributed by atoms with Gasteiger partial charge >= 0.3 is 0 Å². The summed E-state index contributed by atoms with van der Waals surface area (Å²) in [7, 11) is 0. The lowest BCUT2D eigenvalue weighted by Gasteiger charge is -2.33. The highest BCUT2D eigenvalue weighted by Gasteiger charge is 2.38. The first-order valence-corrected chi connectivity index (χ1v) is 14.7. The van der Waals surface area contributed by atoms with Crippen LogP contribution >= 0.6 is 34.8 Å². The summed E-state index contributed by atoms with van der Waals surface area (Å²) in [5.74, 6) is -1.50. The van der Waals surface area contributed by atoms with Crippen LogP contribution in [0.3, 0.4) is 0 Å². The van der Waals surface area contributed by atoms with Gasteiger partial charge in [-0.2, -0.15) is 0 Å². The molecule has 222 valence electrons. The maximum atomic E-state index is 14.1. The maximum absolute atomic E-state index is 14.1. The fourth-order valence-electron chi connectivity index (χ4n) is 5.01. The van der Waals surface area contributed by atoms with Gasteiger partial charge in [0, 0.05) is 18.2 Å². The van der Waals surface area contributed by atoms with E-state index in [1.54, 1.807) is 18.2 Å². The number of rotatable bonds is 11. The van der Waals surface area contributed by atoms with Gasteiger partial charge in [0.1, 0.15) is 29.8 Å². The van der Waals surface area contributed by atoms with Crippen LogP contribution in [0.15, 0.2) is 60.2 Å². The van der Waals surface area contributed by atoms with Crippen molar-refractivity contribution >= 4 is 46.3 Å². The SMILES string of the molecule is O=C(C1=C(c2ccc(OCCOc3c(F)ccc(F)c3Cl)cc2)CCN[C@@H]1CO)N(Cc1cccc(Cl)c1Cl)C1CC1. The number of carbonyl (C=O) groups is 1. The van der Waals surface area contributed by atoms with E-state index in [1.165, 1.54) is 0 Å². The van der Waals surface area contributed by atoms with Crippen molar-refractivity contribution in [3.05, 3.63) is 98.0 Å². The van der Waals surface area contributed by atoms with Crippen molar-refractivity contribution in [2.75, 3.05) is 26.4 Å². The second-order valence-corrected chi connectivity index (χ2v) is 11.3. The zero-order valence-electron chi connectivity index (χ0n) is 22.5. The quantitative estimate of drug-likeness (QED) is 0.181. The molecular formula is C31H29Cl3F2N2O4. The van der Waals surface area contributed by atoms with Crippen LogP contribution in [0, 0.1) is 11.6 Å². The first-order valence-electron chi connectivity index (χ1n) is 13.6. The van der Waals surface area contributed by atoms with E-state index in [2.05, 4.69) is 5.32 Å². The molecule has 0 unspecified atom stereocenters. The first-order chi connectivity index (χ1) is 20.3. The number of nitrogens with zero attached hydrogens (tertiary/aromatic N) is 1. The van der Waals surface area contributed by atoms with E-state index >= 15 is 0 Å². The molecule has 1 aliphatic carbocycles. The van der Waals surface area contributed by atoms with Crippen LogP contribution in [0.2, 0.25) is 15.1 Å². The highest BCUT2D eigenvalue weighted by Crippen LogP contribution is 2.36. The predicted molar refractivity (Wildman–Crippen MR) is 159 cm³/mol. The molecule has 11 heteroatoms. The third-order valence-corrected chi connectivity index (χ3v) is 8.49. The lowest BCUT2D eigenvalue weighted by molar-refractivity contribution is -0.128. The van der Waals surface area contributed by atoms with Gasteiger partial charge in [-0.1, -0.05) is 59.1 Å². The monoisotopic (exact) mass is 636 g/mol. The average molecular weight is 638 g/mol. The number of hydrogen-bond donors (Lipinski definition) is 2. The molecule has 2 N–H and O–H groups in total. The number of hydrogen-bond acceptors (Lipinski definition) is 5. The van der Waals surface area contributed by atoms with E-state index in [1.807, 2.05) is 29.2 Å². The second-order valence-electron chi connectivity index (χ2n) is 10.1. The molecule has 3 aromatic rings. The molecule has 1 atom stereocenters. The van der Waals surface area contributed by atoms with E-state index in [0.717, 1.165) is 41.7 Å². The Morgan fingerprint density at radius 3 is 2.38 bits per heavy atom. The van der Waals surface area contributed by atoms with E-state index in [0.29, 0.717) is 40.9 Å². The van der Waals surface area contributed by atoms with Gasteiger partial charge in [0.05, 0.1) is 22.7 Å². The van der Waals surface area contributed by atoms with E-state index in [-0.39, 0.29) is 37.5 Å². The zero-order chi connectivity index (χ0) is 29.8. The normalized spacial score (nSPS) is 16.9. The standard InChI is InChI=1S/C31H29Cl3F2N2O4/c32-23-3-1-2-19(28(23)33)16-38(20-6-7-20)31(40)27-22(12-13-37-26(27)17-39)18-4-8-21(9-5-18)41-14-15-42-30-25(36)11-10-24(35)29(30)34/h1-5,8-11,20,26,37,39H,6-7,12-17H2/t26-/m1/s1. The average Bonchev–Trinajstić information content (AvgIpc) is 3.84. The minimum absolute atomic E-state index is 0.0524. The van der Waals surface area contributed by atoms with Crippen molar-refractivity contribution in [1.29, 1.82) is 0 Å². The van der Waals surface area contributed by atoms with Crippen molar-refractivity contribution < 1.29 is 28.2 Å².